The second-order valence-corrected chi connectivity index (χ2v) is 5.72. The van der Waals surface area contributed by atoms with Crippen LogP contribution in [0.1, 0.15) is 39.5 Å². The fraction of sp³-hybridized carbons (Fsp3) is 1.00. The summed E-state index contributed by atoms with van der Waals surface area (Å²) in [5, 5.41) is 3.42. The Morgan fingerprint density at radius 1 is 1.35 bits per heavy atom. The predicted octanol–water partition coefficient (Wildman–Crippen LogP) is 1.87. The van der Waals surface area contributed by atoms with Crippen molar-refractivity contribution < 1.29 is 4.74 Å². The highest BCUT2D eigenvalue weighted by molar-refractivity contribution is 4.86. The molecule has 0 spiro atoms. The van der Waals surface area contributed by atoms with Gasteiger partial charge < -0.3 is 15.0 Å². The lowest BCUT2D eigenvalue weighted by molar-refractivity contribution is 0.0587. The molecule has 17 heavy (non-hydrogen) atoms. The summed E-state index contributed by atoms with van der Waals surface area (Å²) >= 11 is 0. The van der Waals surface area contributed by atoms with Crippen LogP contribution < -0.4 is 5.32 Å². The Balaban J connectivity index is 1.82. The van der Waals surface area contributed by atoms with E-state index in [2.05, 4.69) is 31.1 Å². The Morgan fingerprint density at radius 2 is 2.18 bits per heavy atom. The van der Waals surface area contributed by atoms with Crippen LogP contribution in [-0.2, 0) is 4.74 Å². The lowest BCUT2D eigenvalue weighted by atomic mass is 9.94. The number of hydrogen-bond acceptors (Lipinski definition) is 3. The minimum absolute atomic E-state index is 0.518. The molecule has 100 valence electrons. The van der Waals surface area contributed by atoms with Crippen molar-refractivity contribution in [1.29, 1.82) is 0 Å². The van der Waals surface area contributed by atoms with Gasteiger partial charge in [-0.3, -0.25) is 0 Å². The van der Waals surface area contributed by atoms with Gasteiger partial charge in [-0.05, 0) is 52.1 Å². The molecule has 2 heterocycles. The second-order valence-electron chi connectivity index (χ2n) is 5.72. The maximum Gasteiger partial charge on any atom is 0.0613 e. The fourth-order valence-corrected chi connectivity index (χ4v) is 3.41. The molecular weight excluding hydrogens is 212 g/mol. The van der Waals surface area contributed by atoms with E-state index >= 15 is 0 Å². The number of ether oxygens (including phenoxy) is 1. The number of nitrogens with zero attached hydrogens (tertiary/aromatic N) is 1. The van der Waals surface area contributed by atoms with Crippen LogP contribution in [0.5, 0.6) is 0 Å². The molecular formula is C14H28N2O. The van der Waals surface area contributed by atoms with Crippen LogP contribution in [-0.4, -0.2) is 49.8 Å². The third-order valence-corrected chi connectivity index (χ3v) is 4.64. The Kier molecular flexibility index (Phi) is 4.83. The van der Waals surface area contributed by atoms with Gasteiger partial charge in [-0.25, -0.2) is 0 Å². The maximum absolute atomic E-state index is 5.79. The predicted molar refractivity (Wildman–Crippen MR) is 71.3 cm³/mol. The largest absolute Gasteiger partial charge is 0.378 e. The van der Waals surface area contributed by atoms with E-state index in [1.165, 1.54) is 38.8 Å². The highest BCUT2D eigenvalue weighted by atomic mass is 16.5. The van der Waals surface area contributed by atoms with Crippen molar-refractivity contribution in [2.24, 2.45) is 5.92 Å². The molecule has 0 saturated carbocycles. The lowest BCUT2D eigenvalue weighted by Gasteiger charge is -2.39. The first-order valence-electron chi connectivity index (χ1n) is 7.27. The van der Waals surface area contributed by atoms with Crippen molar-refractivity contribution in [3.05, 3.63) is 0 Å². The number of piperidine rings is 1. The van der Waals surface area contributed by atoms with Gasteiger partial charge in [0.2, 0.25) is 0 Å². The topological polar surface area (TPSA) is 24.5 Å². The Hall–Kier alpha value is -0.120. The van der Waals surface area contributed by atoms with Crippen LogP contribution in [0.3, 0.4) is 0 Å². The highest BCUT2D eigenvalue weighted by Gasteiger charge is 2.32. The maximum atomic E-state index is 5.79. The molecule has 0 aliphatic carbocycles. The van der Waals surface area contributed by atoms with E-state index < -0.39 is 0 Å². The zero-order valence-electron chi connectivity index (χ0n) is 11.6. The van der Waals surface area contributed by atoms with Crippen molar-refractivity contribution in [3.63, 3.8) is 0 Å². The molecule has 4 unspecified atom stereocenters. The quantitative estimate of drug-likeness (QED) is 0.812. The summed E-state index contributed by atoms with van der Waals surface area (Å²) in [6.45, 7) is 8.10. The van der Waals surface area contributed by atoms with Crippen LogP contribution in [0.2, 0.25) is 0 Å². The standard InChI is InChI=1S/C14H28N2O/c1-4-14-12(6-8-17-14)10-16-7-5-13(15-3)9-11(16)2/h11-15H,4-10H2,1-3H3. The molecule has 2 fully saturated rings. The smallest absolute Gasteiger partial charge is 0.0613 e. The first kappa shape index (κ1) is 13.3. The molecule has 4 atom stereocenters. The highest BCUT2D eigenvalue weighted by Crippen LogP contribution is 2.27. The van der Waals surface area contributed by atoms with E-state index in [-0.39, 0.29) is 0 Å². The molecule has 0 aromatic rings. The normalized spacial score (nSPS) is 39.7. The van der Waals surface area contributed by atoms with E-state index in [1.54, 1.807) is 0 Å². The van der Waals surface area contributed by atoms with E-state index in [1.807, 2.05) is 0 Å². The zero-order valence-corrected chi connectivity index (χ0v) is 11.6. The molecule has 3 nitrogen and oxygen atoms in total. The van der Waals surface area contributed by atoms with Crippen molar-refractivity contribution in [1.82, 2.24) is 10.2 Å². The zero-order chi connectivity index (χ0) is 12.3. The third-order valence-electron chi connectivity index (χ3n) is 4.64. The molecule has 2 rings (SSSR count). The number of likely N-dealkylation sites (tertiary alicyclic amines) is 1. The number of rotatable bonds is 4. The van der Waals surface area contributed by atoms with Gasteiger partial charge in [-0.2, -0.15) is 0 Å². The van der Waals surface area contributed by atoms with Gasteiger partial charge in [0.25, 0.3) is 0 Å². The van der Waals surface area contributed by atoms with Crippen LogP contribution in [0.4, 0.5) is 0 Å². The van der Waals surface area contributed by atoms with Crippen LogP contribution >= 0.6 is 0 Å². The Bertz CT molecular complexity index is 234. The van der Waals surface area contributed by atoms with Crippen molar-refractivity contribution in [2.75, 3.05) is 26.7 Å². The van der Waals surface area contributed by atoms with E-state index in [0.717, 1.165) is 24.6 Å². The first-order chi connectivity index (χ1) is 8.24. The van der Waals surface area contributed by atoms with Crippen LogP contribution in [0.15, 0.2) is 0 Å². The summed E-state index contributed by atoms with van der Waals surface area (Å²) in [6, 6.07) is 1.45. The van der Waals surface area contributed by atoms with Gasteiger partial charge >= 0.3 is 0 Å². The molecule has 0 aromatic heterocycles. The molecule has 0 radical (unpaired) electrons. The monoisotopic (exact) mass is 240 g/mol. The van der Waals surface area contributed by atoms with Gasteiger partial charge in [0.05, 0.1) is 6.10 Å². The lowest BCUT2D eigenvalue weighted by Crippen LogP contribution is -2.48. The minimum Gasteiger partial charge on any atom is -0.378 e. The van der Waals surface area contributed by atoms with Gasteiger partial charge in [0.15, 0.2) is 0 Å². The molecule has 3 heteroatoms. The van der Waals surface area contributed by atoms with Crippen LogP contribution in [0.25, 0.3) is 0 Å². The molecule has 2 aliphatic heterocycles. The summed E-state index contributed by atoms with van der Waals surface area (Å²) < 4.78 is 5.79. The van der Waals surface area contributed by atoms with Crippen LogP contribution in [0, 0.1) is 5.92 Å². The second kappa shape index (κ2) is 6.17. The van der Waals surface area contributed by atoms with Gasteiger partial charge in [-0.1, -0.05) is 6.92 Å². The van der Waals surface area contributed by atoms with E-state index in [0.29, 0.717) is 6.10 Å². The van der Waals surface area contributed by atoms with Crippen molar-refractivity contribution in [3.8, 4) is 0 Å². The molecule has 0 bridgehead atoms. The minimum atomic E-state index is 0.518. The van der Waals surface area contributed by atoms with Gasteiger partial charge in [-0.15, -0.1) is 0 Å². The SMILES string of the molecule is CCC1OCCC1CN1CCC(NC)CC1C. The number of nitrogens with one attached hydrogen (secondary N) is 1. The average molecular weight is 240 g/mol. The van der Waals surface area contributed by atoms with Gasteiger partial charge in [0, 0.05) is 25.2 Å². The van der Waals surface area contributed by atoms with E-state index in [4.69, 9.17) is 4.74 Å². The summed E-state index contributed by atoms with van der Waals surface area (Å²) in [7, 11) is 2.09. The molecule has 0 aromatic carbocycles. The first-order valence-corrected chi connectivity index (χ1v) is 7.27. The summed E-state index contributed by atoms with van der Waals surface area (Å²) in [6.07, 6.45) is 5.54. The molecule has 1 N–H and O–H groups in total. The Morgan fingerprint density at radius 3 is 2.82 bits per heavy atom. The fourth-order valence-electron chi connectivity index (χ4n) is 3.41. The summed E-state index contributed by atoms with van der Waals surface area (Å²) in [5.74, 6) is 0.772. The Labute approximate surface area is 106 Å². The summed E-state index contributed by atoms with van der Waals surface area (Å²) in [4.78, 5) is 2.68. The van der Waals surface area contributed by atoms with Gasteiger partial charge in [0.1, 0.15) is 0 Å². The molecule has 2 aliphatic rings. The third kappa shape index (κ3) is 3.21. The summed E-state index contributed by atoms with van der Waals surface area (Å²) in [5.41, 5.74) is 0. The molecule has 0 amide bonds. The van der Waals surface area contributed by atoms with Crippen molar-refractivity contribution >= 4 is 0 Å². The average Bonchev–Trinajstić information content (AvgIpc) is 2.79. The van der Waals surface area contributed by atoms with E-state index in [9.17, 15) is 0 Å². The molecule has 2 saturated heterocycles. The number of hydrogen-bond donors (Lipinski definition) is 1. The van der Waals surface area contributed by atoms with Crippen molar-refractivity contribution in [2.45, 2.75) is 57.7 Å².